The Morgan fingerprint density at radius 2 is 1.89 bits per heavy atom. The van der Waals surface area contributed by atoms with Crippen molar-refractivity contribution in [1.29, 1.82) is 0 Å². The number of methoxy groups -OCH3 is 1. The summed E-state index contributed by atoms with van der Waals surface area (Å²) < 4.78 is 25.4. The Bertz CT molecular complexity index is 1020. The largest absolute Gasteiger partial charge is 0.491 e. The average molecular weight is 497 g/mol. The number of halogens is 1. The minimum absolute atomic E-state index is 0.164. The van der Waals surface area contributed by atoms with Gasteiger partial charge in [0.05, 0.1) is 13.2 Å². The number of likely N-dealkylation sites (tertiary alicyclic amines) is 1. The normalized spacial score (nSPS) is 21.8. The predicted octanol–water partition coefficient (Wildman–Crippen LogP) is 4.25. The number of rotatable bonds is 11. The monoisotopic (exact) mass is 496 g/mol. The molecule has 2 saturated heterocycles. The van der Waals surface area contributed by atoms with E-state index in [1.165, 1.54) is 25.3 Å². The molecule has 1 aliphatic carbocycles. The first-order valence-corrected chi connectivity index (χ1v) is 13.3. The van der Waals surface area contributed by atoms with Gasteiger partial charge in [-0.2, -0.15) is 0 Å². The van der Waals surface area contributed by atoms with Crippen LogP contribution in [-0.4, -0.2) is 60.7 Å². The van der Waals surface area contributed by atoms with Gasteiger partial charge in [-0.05, 0) is 74.0 Å². The fourth-order valence-corrected chi connectivity index (χ4v) is 5.57. The number of benzene rings is 1. The van der Waals surface area contributed by atoms with Gasteiger partial charge < -0.3 is 19.3 Å². The summed E-state index contributed by atoms with van der Waals surface area (Å²) >= 11 is 0. The Morgan fingerprint density at radius 3 is 2.56 bits per heavy atom. The van der Waals surface area contributed by atoms with Gasteiger partial charge in [0, 0.05) is 57.7 Å². The molecular weight excluding hydrogens is 459 g/mol. The molecule has 3 aliphatic rings. The first kappa shape index (κ1) is 24.9. The molecule has 0 spiro atoms. The van der Waals surface area contributed by atoms with Gasteiger partial charge in [-0.1, -0.05) is 6.07 Å². The maximum absolute atomic E-state index is 14.5. The topological polar surface area (TPSA) is 67.8 Å². The van der Waals surface area contributed by atoms with E-state index in [9.17, 15) is 9.18 Å². The van der Waals surface area contributed by atoms with Crippen molar-refractivity contribution in [2.75, 3.05) is 44.8 Å². The quantitative estimate of drug-likeness (QED) is 0.463. The second-order valence-electron chi connectivity index (χ2n) is 10.4. The highest BCUT2D eigenvalue weighted by atomic mass is 19.1. The molecule has 1 aromatic heterocycles. The van der Waals surface area contributed by atoms with Crippen LogP contribution in [0.25, 0.3) is 0 Å². The van der Waals surface area contributed by atoms with E-state index >= 15 is 0 Å². The summed E-state index contributed by atoms with van der Waals surface area (Å²) in [5.74, 6) is 3.14. The number of piperidine rings is 1. The molecule has 8 heteroatoms. The summed E-state index contributed by atoms with van der Waals surface area (Å²) in [6.45, 7) is 4.80. The van der Waals surface area contributed by atoms with Gasteiger partial charge in [0.1, 0.15) is 0 Å². The number of ether oxygens (including phenoxy) is 2. The predicted molar refractivity (Wildman–Crippen MR) is 135 cm³/mol. The molecule has 3 heterocycles. The van der Waals surface area contributed by atoms with Gasteiger partial charge in [-0.25, -0.2) is 14.4 Å². The molecule has 2 atom stereocenters. The van der Waals surface area contributed by atoms with Crippen LogP contribution < -0.4 is 9.64 Å². The van der Waals surface area contributed by atoms with Crippen LogP contribution in [0.15, 0.2) is 30.6 Å². The Hall–Kier alpha value is -2.74. The Balaban J connectivity index is 0.997. The van der Waals surface area contributed by atoms with E-state index in [0.29, 0.717) is 37.7 Å². The van der Waals surface area contributed by atoms with Crippen molar-refractivity contribution in [3.05, 3.63) is 47.5 Å². The number of anilines is 1. The van der Waals surface area contributed by atoms with Crippen LogP contribution in [-0.2, 0) is 22.6 Å². The molecule has 1 amide bonds. The van der Waals surface area contributed by atoms with Crippen molar-refractivity contribution in [1.82, 2.24) is 14.9 Å². The van der Waals surface area contributed by atoms with E-state index in [1.54, 1.807) is 13.2 Å². The van der Waals surface area contributed by atoms with E-state index in [1.807, 2.05) is 23.4 Å². The SMILES string of the molecule is COCc1cnc(N2CCC([C@H]3C[C@H]3CCOc3ccc(CCC(=O)N4CCC4)cc3F)CC2)nc1. The van der Waals surface area contributed by atoms with Crippen LogP contribution in [0.5, 0.6) is 5.75 Å². The van der Waals surface area contributed by atoms with Crippen LogP contribution in [0, 0.1) is 23.6 Å². The minimum Gasteiger partial charge on any atom is -0.491 e. The fraction of sp³-hybridized carbons (Fsp3) is 0.607. The lowest BCUT2D eigenvalue weighted by atomic mass is 9.90. The maximum atomic E-state index is 14.5. The lowest BCUT2D eigenvalue weighted by Gasteiger charge is -2.32. The number of hydrogen-bond donors (Lipinski definition) is 0. The van der Waals surface area contributed by atoms with Crippen molar-refractivity contribution in [3.63, 3.8) is 0 Å². The lowest BCUT2D eigenvalue weighted by Crippen LogP contribution is -2.42. The molecule has 0 bridgehead atoms. The molecule has 2 aliphatic heterocycles. The van der Waals surface area contributed by atoms with Crippen LogP contribution in [0.4, 0.5) is 10.3 Å². The van der Waals surface area contributed by atoms with E-state index in [-0.39, 0.29) is 11.7 Å². The Morgan fingerprint density at radius 1 is 1.11 bits per heavy atom. The zero-order valence-corrected chi connectivity index (χ0v) is 21.2. The summed E-state index contributed by atoms with van der Waals surface area (Å²) in [5.41, 5.74) is 1.84. The van der Waals surface area contributed by atoms with Crippen LogP contribution in [0.1, 0.15) is 49.7 Å². The first-order chi connectivity index (χ1) is 17.6. The molecule has 194 valence electrons. The van der Waals surface area contributed by atoms with Crippen LogP contribution >= 0.6 is 0 Å². The molecular formula is C28H37FN4O3. The molecule has 1 aromatic carbocycles. The van der Waals surface area contributed by atoms with Gasteiger partial charge in [0.15, 0.2) is 11.6 Å². The van der Waals surface area contributed by atoms with Gasteiger partial charge in [-0.3, -0.25) is 4.79 Å². The molecule has 0 unspecified atom stereocenters. The van der Waals surface area contributed by atoms with Gasteiger partial charge >= 0.3 is 0 Å². The summed E-state index contributed by atoms with van der Waals surface area (Å²) in [4.78, 5) is 25.2. The van der Waals surface area contributed by atoms with Crippen LogP contribution in [0.2, 0.25) is 0 Å². The standard InChI is InChI=1S/C28H37FN4O3/c1-35-19-21-17-30-28(31-18-21)33-12-7-22(8-13-33)24-16-23(24)9-14-36-26-5-3-20(15-25(26)29)4-6-27(34)32-10-2-11-32/h3,5,15,17-18,22-24H,2,4,6-14,16,19H2,1H3/t23-,24-/m1/s1. The maximum Gasteiger partial charge on any atom is 0.225 e. The second-order valence-corrected chi connectivity index (χ2v) is 10.4. The minimum atomic E-state index is -0.332. The summed E-state index contributed by atoms with van der Waals surface area (Å²) in [5, 5.41) is 0. The summed E-state index contributed by atoms with van der Waals surface area (Å²) in [7, 11) is 1.67. The fourth-order valence-electron chi connectivity index (χ4n) is 5.57. The molecule has 36 heavy (non-hydrogen) atoms. The lowest BCUT2D eigenvalue weighted by molar-refractivity contribution is -0.134. The third kappa shape index (κ3) is 6.14. The van der Waals surface area contributed by atoms with Crippen molar-refractivity contribution in [2.45, 2.75) is 51.6 Å². The van der Waals surface area contributed by atoms with Crippen molar-refractivity contribution in [2.24, 2.45) is 17.8 Å². The summed E-state index contributed by atoms with van der Waals surface area (Å²) in [6.07, 6.45) is 10.4. The van der Waals surface area contributed by atoms with Gasteiger partial charge in [-0.15, -0.1) is 0 Å². The third-order valence-corrected chi connectivity index (χ3v) is 7.99. The van der Waals surface area contributed by atoms with E-state index in [2.05, 4.69) is 14.9 Å². The smallest absolute Gasteiger partial charge is 0.225 e. The van der Waals surface area contributed by atoms with E-state index in [0.717, 1.165) is 67.9 Å². The third-order valence-electron chi connectivity index (χ3n) is 7.99. The van der Waals surface area contributed by atoms with Gasteiger partial charge in [0.25, 0.3) is 0 Å². The molecule has 7 nitrogen and oxygen atoms in total. The molecule has 2 aromatic rings. The van der Waals surface area contributed by atoms with Gasteiger partial charge in [0.2, 0.25) is 11.9 Å². The molecule has 5 rings (SSSR count). The van der Waals surface area contributed by atoms with Crippen LogP contribution in [0.3, 0.4) is 0 Å². The number of amides is 1. The number of hydrogen-bond acceptors (Lipinski definition) is 6. The molecule has 0 radical (unpaired) electrons. The number of carbonyl (C=O) groups excluding carboxylic acids is 1. The first-order valence-electron chi connectivity index (χ1n) is 13.3. The number of nitrogens with zero attached hydrogens (tertiary/aromatic N) is 4. The van der Waals surface area contributed by atoms with Crippen molar-refractivity contribution < 1.29 is 18.7 Å². The average Bonchev–Trinajstić information content (AvgIpc) is 3.63. The van der Waals surface area contributed by atoms with Crippen molar-refractivity contribution >= 4 is 11.9 Å². The van der Waals surface area contributed by atoms with E-state index in [4.69, 9.17) is 9.47 Å². The highest BCUT2D eigenvalue weighted by Gasteiger charge is 2.43. The Labute approximate surface area is 213 Å². The molecule has 1 saturated carbocycles. The molecule has 0 N–H and O–H groups in total. The van der Waals surface area contributed by atoms with Crippen molar-refractivity contribution in [3.8, 4) is 5.75 Å². The molecule has 3 fully saturated rings. The highest BCUT2D eigenvalue weighted by molar-refractivity contribution is 5.77. The zero-order valence-electron chi connectivity index (χ0n) is 21.2. The number of aromatic nitrogens is 2. The second kappa shape index (κ2) is 11.5. The zero-order chi connectivity index (χ0) is 24.9. The Kier molecular flexibility index (Phi) is 7.99. The number of carbonyl (C=O) groups is 1. The summed E-state index contributed by atoms with van der Waals surface area (Å²) in [6, 6.07) is 5.11. The highest BCUT2D eigenvalue weighted by Crippen LogP contribution is 2.49. The van der Waals surface area contributed by atoms with E-state index < -0.39 is 0 Å². The number of aryl methyl sites for hydroxylation is 1.